The maximum absolute atomic E-state index is 4.96. The summed E-state index contributed by atoms with van der Waals surface area (Å²) in [7, 11) is 1.62. The Morgan fingerprint density at radius 2 is 2.25 bits per heavy atom. The van der Waals surface area contributed by atoms with Gasteiger partial charge in [0.15, 0.2) is 0 Å². The summed E-state index contributed by atoms with van der Waals surface area (Å²) in [6.45, 7) is 3.72. The van der Waals surface area contributed by atoms with E-state index < -0.39 is 0 Å². The quantitative estimate of drug-likeness (QED) is 0.321. The van der Waals surface area contributed by atoms with Crippen molar-refractivity contribution in [2.45, 2.75) is 20.0 Å². The fourth-order valence-corrected chi connectivity index (χ4v) is 0.276. The number of methoxy groups -OCH3 is 1. The van der Waals surface area contributed by atoms with Gasteiger partial charge < -0.3 is 10.6 Å². The van der Waals surface area contributed by atoms with Crippen LogP contribution in [0.5, 0.6) is 0 Å². The van der Waals surface area contributed by atoms with E-state index >= 15 is 0 Å². The first-order valence-electron chi connectivity index (χ1n) is 2.49. The summed E-state index contributed by atoms with van der Waals surface area (Å²) in [4.78, 5) is 0. The number of hydrazone groups is 1. The van der Waals surface area contributed by atoms with E-state index in [2.05, 4.69) is 5.10 Å². The van der Waals surface area contributed by atoms with Crippen LogP contribution in [-0.4, -0.2) is 18.9 Å². The molecule has 48 valence electrons. The van der Waals surface area contributed by atoms with Crippen molar-refractivity contribution in [2.24, 2.45) is 10.9 Å². The van der Waals surface area contributed by atoms with Gasteiger partial charge in [-0.15, -0.1) is 0 Å². The van der Waals surface area contributed by atoms with Crippen LogP contribution in [0.15, 0.2) is 5.10 Å². The Balaban J connectivity index is 3.63. The SMILES string of the molecule is COC(C)/C(C)=N/N. The molecular weight excluding hydrogens is 104 g/mol. The van der Waals surface area contributed by atoms with E-state index in [4.69, 9.17) is 10.6 Å². The lowest BCUT2D eigenvalue weighted by Crippen LogP contribution is -2.16. The highest BCUT2D eigenvalue weighted by Gasteiger charge is 2.00. The second kappa shape index (κ2) is 3.43. The molecule has 1 atom stereocenters. The monoisotopic (exact) mass is 116 g/mol. The lowest BCUT2D eigenvalue weighted by Gasteiger charge is -2.05. The second-order valence-corrected chi connectivity index (χ2v) is 1.65. The van der Waals surface area contributed by atoms with Crippen molar-refractivity contribution in [1.29, 1.82) is 0 Å². The molecule has 3 heteroatoms. The van der Waals surface area contributed by atoms with Crippen LogP contribution in [-0.2, 0) is 4.74 Å². The molecular formula is C5H12N2O. The van der Waals surface area contributed by atoms with Crippen molar-refractivity contribution in [2.75, 3.05) is 7.11 Å². The zero-order valence-corrected chi connectivity index (χ0v) is 5.51. The Labute approximate surface area is 49.5 Å². The minimum Gasteiger partial charge on any atom is -0.376 e. The normalized spacial score (nSPS) is 16.1. The van der Waals surface area contributed by atoms with E-state index in [1.54, 1.807) is 7.11 Å². The lowest BCUT2D eigenvalue weighted by atomic mass is 10.3. The van der Waals surface area contributed by atoms with Crippen molar-refractivity contribution in [3.8, 4) is 0 Å². The summed E-state index contributed by atoms with van der Waals surface area (Å²) in [6.07, 6.45) is 0.0417. The Kier molecular flexibility index (Phi) is 3.19. The van der Waals surface area contributed by atoms with Crippen molar-refractivity contribution in [3.05, 3.63) is 0 Å². The molecule has 0 rings (SSSR count). The standard InChI is InChI=1S/C5H12N2O/c1-4(7-6)5(2)8-3/h5H,6H2,1-3H3/b7-4+. The zero-order valence-electron chi connectivity index (χ0n) is 5.51. The van der Waals surface area contributed by atoms with Gasteiger partial charge in [0, 0.05) is 7.11 Å². The Morgan fingerprint density at radius 1 is 1.75 bits per heavy atom. The summed E-state index contributed by atoms with van der Waals surface area (Å²) in [5.41, 5.74) is 0.813. The lowest BCUT2D eigenvalue weighted by molar-refractivity contribution is 0.170. The summed E-state index contributed by atoms with van der Waals surface area (Å²) in [6, 6.07) is 0. The van der Waals surface area contributed by atoms with Gasteiger partial charge in [-0.25, -0.2) is 0 Å². The first-order valence-corrected chi connectivity index (χ1v) is 2.49. The van der Waals surface area contributed by atoms with E-state index in [0.29, 0.717) is 0 Å². The molecule has 0 heterocycles. The van der Waals surface area contributed by atoms with Crippen LogP contribution in [0.1, 0.15) is 13.8 Å². The summed E-state index contributed by atoms with van der Waals surface area (Å²) < 4.78 is 4.89. The van der Waals surface area contributed by atoms with E-state index in [-0.39, 0.29) is 6.10 Å². The highest BCUT2D eigenvalue weighted by Crippen LogP contribution is 1.88. The molecule has 0 saturated carbocycles. The molecule has 0 aromatic rings. The highest BCUT2D eigenvalue weighted by atomic mass is 16.5. The molecule has 0 fully saturated rings. The number of nitrogens with zero attached hydrogens (tertiary/aromatic N) is 1. The predicted molar refractivity (Wildman–Crippen MR) is 33.8 cm³/mol. The van der Waals surface area contributed by atoms with Crippen molar-refractivity contribution in [3.63, 3.8) is 0 Å². The number of hydrogen-bond acceptors (Lipinski definition) is 3. The molecule has 0 radical (unpaired) electrons. The predicted octanol–water partition coefficient (Wildman–Crippen LogP) is 0.356. The minimum absolute atomic E-state index is 0.0417. The van der Waals surface area contributed by atoms with Crippen LogP contribution >= 0.6 is 0 Å². The first-order chi connectivity index (χ1) is 3.72. The number of nitrogens with two attached hydrogens (primary N) is 1. The topological polar surface area (TPSA) is 47.6 Å². The van der Waals surface area contributed by atoms with Gasteiger partial charge in [0.05, 0.1) is 11.8 Å². The molecule has 0 amide bonds. The number of hydrogen-bond donors (Lipinski definition) is 1. The number of rotatable bonds is 2. The fourth-order valence-electron chi connectivity index (χ4n) is 0.276. The van der Waals surface area contributed by atoms with E-state index in [0.717, 1.165) is 5.71 Å². The molecule has 0 saturated heterocycles. The van der Waals surface area contributed by atoms with E-state index in [1.165, 1.54) is 0 Å². The van der Waals surface area contributed by atoms with Gasteiger partial charge in [0.2, 0.25) is 0 Å². The molecule has 0 aliphatic carbocycles. The zero-order chi connectivity index (χ0) is 6.57. The molecule has 2 N–H and O–H groups in total. The van der Waals surface area contributed by atoms with Crippen LogP contribution in [0.25, 0.3) is 0 Å². The van der Waals surface area contributed by atoms with Crippen LogP contribution in [0.4, 0.5) is 0 Å². The summed E-state index contributed by atoms with van der Waals surface area (Å²) in [5.74, 6) is 4.96. The van der Waals surface area contributed by atoms with Gasteiger partial charge in [-0.05, 0) is 13.8 Å². The molecule has 8 heavy (non-hydrogen) atoms. The maximum Gasteiger partial charge on any atom is 0.0938 e. The van der Waals surface area contributed by atoms with Gasteiger partial charge in [0.25, 0.3) is 0 Å². The van der Waals surface area contributed by atoms with E-state index in [1.807, 2.05) is 13.8 Å². The summed E-state index contributed by atoms with van der Waals surface area (Å²) in [5, 5.41) is 3.45. The molecule has 0 aliphatic rings. The largest absolute Gasteiger partial charge is 0.376 e. The third-order valence-electron chi connectivity index (χ3n) is 1.15. The van der Waals surface area contributed by atoms with Gasteiger partial charge in [0.1, 0.15) is 0 Å². The number of ether oxygens (including phenoxy) is 1. The molecule has 0 aliphatic heterocycles. The van der Waals surface area contributed by atoms with Crippen LogP contribution in [0, 0.1) is 0 Å². The highest BCUT2D eigenvalue weighted by molar-refractivity contribution is 5.85. The van der Waals surface area contributed by atoms with Crippen LogP contribution in [0.3, 0.4) is 0 Å². The van der Waals surface area contributed by atoms with Gasteiger partial charge in [-0.1, -0.05) is 0 Å². The molecule has 0 aromatic carbocycles. The second-order valence-electron chi connectivity index (χ2n) is 1.65. The smallest absolute Gasteiger partial charge is 0.0938 e. The van der Waals surface area contributed by atoms with Crippen LogP contribution in [0.2, 0.25) is 0 Å². The molecule has 0 bridgehead atoms. The Morgan fingerprint density at radius 3 is 2.38 bits per heavy atom. The fraction of sp³-hybridized carbons (Fsp3) is 0.800. The average Bonchev–Trinajstić information content (AvgIpc) is 1.84. The van der Waals surface area contributed by atoms with Gasteiger partial charge >= 0.3 is 0 Å². The van der Waals surface area contributed by atoms with Gasteiger partial charge in [-0.3, -0.25) is 0 Å². The minimum atomic E-state index is 0.0417. The molecule has 0 spiro atoms. The van der Waals surface area contributed by atoms with Gasteiger partial charge in [-0.2, -0.15) is 5.10 Å². The Bertz CT molecular complexity index is 90.4. The summed E-state index contributed by atoms with van der Waals surface area (Å²) >= 11 is 0. The average molecular weight is 116 g/mol. The molecule has 1 unspecified atom stereocenters. The third kappa shape index (κ3) is 1.93. The van der Waals surface area contributed by atoms with E-state index in [9.17, 15) is 0 Å². The van der Waals surface area contributed by atoms with Crippen molar-refractivity contribution < 1.29 is 4.74 Å². The van der Waals surface area contributed by atoms with Crippen molar-refractivity contribution in [1.82, 2.24) is 0 Å². The molecule has 3 nitrogen and oxygen atoms in total. The van der Waals surface area contributed by atoms with Crippen LogP contribution < -0.4 is 5.84 Å². The maximum atomic E-state index is 4.96. The van der Waals surface area contributed by atoms with Crippen molar-refractivity contribution >= 4 is 5.71 Å². The first kappa shape index (κ1) is 7.43. The molecule has 0 aromatic heterocycles. The Hall–Kier alpha value is -0.570. The third-order valence-corrected chi connectivity index (χ3v) is 1.15.